The zero-order valence-corrected chi connectivity index (χ0v) is 21.5. The van der Waals surface area contributed by atoms with Crippen molar-refractivity contribution < 1.29 is 24.2 Å². The van der Waals surface area contributed by atoms with Gasteiger partial charge in [0.2, 0.25) is 0 Å². The number of aliphatic hydroxyl groups is 1. The molecule has 7 nitrogen and oxygen atoms in total. The molecule has 36 heavy (non-hydrogen) atoms. The van der Waals surface area contributed by atoms with Crippen molar-refractivity contribution in [2.45, 2.75) is 46.6 Å². The zero-order valence-electron chi connectivity index (χ0n) is 20.7. The third-order valence-electron chi connectivity index (χ3n) is 6.02. The maximum atomic E-state index is 13.4. The molecule has 0 aliphatic carbocycles. The van der Waals surface area contributed by atoms with Crippen molar-refractivity contribution in [3.05, 3.63) is 81.4 Å². The molecule has 186 valence electrons. The number of unbranched alkanes of at least 4 members (excludes halogenated alkanes) is 1. The Morgan fingerprint density at radius 1 is 1.14 bits per heavy atom. The van der Waals surface area contributed by atoms with Gasteiger partial charge in [0.1, 0.15) is 11.5 Å². The lowest BCUT2D eigenvalue weighted by Crippen LogP contribution is -2.29. The standard InChI is InChI=1S/C28H28N2O5S/c1-5-6-14-35-21-9-7-8-20(15-21)23-22(24(32)19-12-10-16(2)11-13-19)25(33)27(34)30(23)28-29-17(3)26(36-28)18(4)31/h7-13,15,23,32H,5-6,14H2,1-4H3. The van der Waals surface area contributed by atoms with Crippen LogP contribution in [0.5, 0.6) is 5.75 Å². The second kappa shape index (κ2) is 10.5. The van der Waals surface area contributed by atoms with Gasteiger partial charge in [0.15, 0.2) is 10.9 Å². The van der Waals surface area contributed by atoms with Crippen LogP contribution in [0, 0.1) is 13.8 Å². The van der Waals surface area contributed by atoms with Gasteiger partial charge in [-0.25, -0.2) is 4.98 Å². The number of hydrogen-bond acceptors (Lipinski definition) is 7. The molecular formula is C28H28N2O5S. The molecule has 8 heteroatoms. The highest BCUT2D eigenvalue weighted by atomic mass is 32.1. The topological polar surface area (TPSA) is 96.8 Å². The minimum absolute atomic E-state index is 0.0354. The Morgan fingerprint density at radius 2 is 1.86 bits per heavy atom. The first-order chi connectivity index (χ1) is 17.2. The number of rotatable bonds is 8. The molecule has 0 spiro atoms. The van der Waals surface area contributed by atoms with Gasteiger partial charge >= 0.3 is 5.91 Å². The van der Waals surface area contributed by atoms with Crippen molar-refractivity contribution >= 4 is 39.7 Å². The molecular weight excluding hydrogens is 476 g/mol. The molecule has 0 bridgehead atoms. The molecule has 1 fully saturated rings. The van der Waals surface area contributed by atoms with Crippen molar-refractivity contribution in [1.82, 2.24) is 4.98 Å². The number of benzene rings is 2. The number of nitrogens with zero attached hydrogens (tertiary/aromatic N) is 2. The van der Waals surface area contributed by atoms with E-state index in [0.29, 0.717) is 34.1 Å². The van der Waals surface area contributed by atoms with E-state index in [-0.39, 0.29) is 22.2 Å². The fourth-order valence-corrected chi connectivity index (χ4v) is 5.12. The quantitative estimate of drug-likeness (QED) is 0.138. The van der Waals surface area contributed by atoms with Crippen LogP contribution in [0.1, 0.15) is 64.8 Å². The number of Topliss-reactive ketones (excluding diaryl/α,β-unsaturated/α-hetero) is 2. The number of aliphatic hydroxyl groups excluding tert-OH is 1. The number of ether oxygens (including phenoxy) is 1. The van der Waals surface area contributed by atoms with Gasteiger partial charge in [0, 0.05) is 12.5 Å². The largest absolute Gasteiger partial charge is 0.507 e. The van der Waals surface area contributed by atoms with Crippen LogP contribution in [-0.2, 0) is 9.59 Å². The fourth-order valence-electron chi connectivity index (χ4n) is 4.13. The SMILES string of the molecule is CCCCOc1cccc(C2C(=C(O)c3ccc(C)cc3)C(=O)C(=O)N2c2nc(C)c(C(C)=O)s2)c1. The predicted molar refractivity (Wildman–Crippen MR) is 140 cm³/mol. The van der Waals surface area contributed by atoms with Gasteiger partial charge in [-0.05, 0) is 38.0 Å². The number of aromatic nitrogens is 1. The maximum Gasteiger partial charge on any atom is 0.301 e. The van der Waals surface area contributed by atoms with Crippen molar-refractivity contribution in [2.75, 3.05) is 11.5 Å². The minimum Gasteiger partial charge on any atom is -0.507 e. The molecule has 1 aliphatic heterocycles. The second-order valence-electron chi connectivity index (χ2n) is 8.78. The Hall–Kier alpha value is -3.78. The Bertz CT molecular complexity index is 1360. The van der Waals surface area contributed by atoms with Crippen LogP contribution < -0.4 is 9.64 Å². The number of amides is 1. The Balaban J connectivity index is 1.89. The summed E-state index contributed by atoms with van der Waals surface area (Å²) < 4.78 is 5.86. The summed E-state index contributed by atoms with van der Waals surface area (Å²) in [7, 11) is 0. The monoisotopic (exact) mass is 504 g/mol. The summed E-state index contributed by atoms with van der Waals surface area (Å²) in [5.74, 6) is -1.46. The van der Waals surface area contributed by atoms with Gasteiger partial charge < -0.3 is 9.84 Å². The van der Waals surface area contributed by atoms with E-state index in [4.69, 9.17) is 4.74 Å². The van der Waals surface area contributed by atoms with E-state index in [0.717, 1.165) is 29.7 Å². The van der Waals surface area contributed by atoms with E-state index in [1.54, 1.807) is 37.3 Å². The third-order valence-corrected chi connectivity index (χ3v) is 7.28. The average Bonchev–Trinajstić information content (AvgIpc) is 3.36. The van der Waals surface area contributed by atoms with E-state index >= 15 is 0 Å². The molecule has 1 aromatic heterocycles. The van der Waals surface area contributed by atoms with Crippen LogP contribution in [0.25, 0.3) is 5.76 Å². The molecule has 2 aromatic carbocycles. The zero-order chi connectivity index (χ0) is 26.0. The van der Waals surface area contributed by atoms with Crippen molar-refractivity contribution in [2.24, 2.45) is 0 Å². The molecule has 1 aliphatic rings. The first kappa shape index (κ1) is 25.3. The first-order valence-corrected chi connectivity index (χ1v) is 12.6. The Labute approximate surface area is 214 Å². The summed E-state index contributed by atoms with van der Waals surface area (Å²) >= 11 is 1.06. The van der Waals surface area contributed by atoms with Crippen molar-refractivity contribution in [3.63, 3.8) is 0 Å². The van der Waals surface area contributed by atoms with E-state index in [1.807, 2.05) is 25.1 Å². The number of thiazole rings is 1. The molecule has 2 heterocycles. The number of ketones is 2. The second-order valence-corrected chi connectivity index (χ2v) is 9.75. The van der Waals surface area contributed by atoms with Crippen molar-refractivity contribution in [1.29, 1.82) is 0 Å². The van der Waals surface area contributed by atoms with Crippen LogP contribution >= 0.6 is 11.3 Å². The van der Waals surface area contributed by atoms with Crippen LogP contribution in [0.2, 0.25) is 0 Å². The number of carbonyl (C=O) groups excluding carboxylic acids is 3. The highest BCUT2D eigenvalue weighted by Crippen LogP contribution is 2.44. The van der Waals surface area contributed by atoms with Crippen LogP contribution in [0.15, 0.2) is 54.1 Å². The summed E-state index contributed by atoms with van der Waals surface area (Å²) in [4.78, 5) is 44.9. The molecule has 0 radical (unpaired) electrons. The molecule has 0 saturated carbocycles. The van der Waals surface area contributed by atoms with Gasteiger partial charge in [-0.3, -0.25) is 19.3 Å². The predicted octanol–water partition coefficient (Wildman–Crippen LogP) is 5.77. The molecule has 1 N–H and O–H groups in total. The number of aryl methyl sites for hydroxylation is 2. The summed E-state index contributed by atoms with van der Waals surface area (Å²) in [6, 6.07) is 13.3. The Morgan fingerprint density at radius 3 is 2.50 bits per heavy atom. The van der Waals surface area contributed by atoms with E-state index in [1.165, 1.54) is 11.8 Å². The smallest absolute Gasteiger partial charge is 0.301 e. The number of anilines is 1. The lowest BCUT2D eigenvalue weighted by atomic mass is 9.95. The third kappa shape index (κ3) is 4.81. The lowest BCUT2D eigenvalue weighted by Gasteiger charge is -2.23. The van der Waals surface area contributed by atoms with Crippen LogP contribution in [0.4, 0.5) is 5.13 Å². The average molecular weight is 505 g/mol. The molecule has 1 atom stereocenters. The van der Waals surface area contributed by atoms with Crippen molar-refractivity contribution in [3.8, 4) is 5.75 Å². The molecule has 3 aromatic rings. The van der Waals surface area contributed by atoms with Gasteiger partial charge in [0.05, 0.1) is 28.8 Å². The van der Waals surface area contributed by atoms with E-state index in [2.05, 4.69) is 11.9 Å². The van der Waals surface area contributed by atoms with E-state index < -0.39 is 17.7 Å². The minimum atomic E-state index is -0.939. The lowest BCUT2D eigenvalue weighted by molar-refractivity contribution is -0.132. The highest BCUT2D eigenvalue weighted by Gasteiger charge is 2.48. The summed E-state index contributed by atoms with van der Waals surface area (Å²) in [5.41, 5.74) is 2.47. The molecule has 4 rings (SSSR count). The number of hydrogen-bond donors (Lipinski definition) is 1. The van der Waals surface area contributed by atoms with Gasteiger partial charge in [0.25, 0.3) is 5.78 Å². The van der Waals surface area contributed by atoms with Crippen LogP contribution in [0.3, 0.4) is 0 Å². The van der Waals surface area contributed by atoms with Gasteiger partial charge in [-0.1, -0.05) is 66.6 Å². The molecule has 1 amide bonds. The highest BCUT2D eigenvalue weighted by molar-refractivity contribution is 7.18. The van der Waals surface area contributed by atoms with E-state index in [9.17, 15) is 19.5 Å². The summed E-state index contributed by atoms with van der Waals surface area (Å²) in [6.07, 6.45) is 1.88. The van der Waals surface area contributed by atoms with Gasteiger partial charge in [-0.2, -0.15) is 0 Å². The van der Waals surface area contributed by atoms with Crippen LogP contribution in [-0.4, -0.2) is 34.2 Å². The molecule has 1 unspecified atom stereocenters. The summed E-state index contributed by atoms with van der Waals surface area (Å²) in [6.45, 7) is 7.66. The maximum absolute atomic E-state index is 13.4. The summed E-state index contributed by atoms with van der Waals surface area (Å²) in [5, 5.41) is 11.5. The fraction of sp³-hybridized carbons (Fsp3) is 0.286. The normalized spacial score (nSPS) is 17.0. The number of carbonyl (C=O) groups is 3. The molecule has 1 saturated heterocycles. The van der Waals surface area contributed by atoms with Gasteiger partial charge in [-0.15, -0.1) is 0 Å². The Kier molecular flexibility index (Phi) is 7.35. The first-order valence-electron chi connectivity index (χ1n) is 11.8.